The van der Waals surface area contributed by atoms with Crippen LogP contribution in [0.5, 0.6) is 11.6 Å². The number of carbonyl (C=O) groups excluding carboxylic acids is 1. The molecule has 2 aromatic heterocycles. The van der Waals surface area contributed by atoms with Crippen LogP contribution in [0.2, 0.25) is 0 Å². The van der Waals surface area contributed by atoms with E-state index in [0.717, 1.165) is 4.88 Å². The quantitative estimate of drug-likeness (QED) is 0.405. The third-order valence-electron chi connectivity index (χ3n) is 4.30. The van der Waals surface area contributed by atoms with Gasteiger partial charge < -0.3 is 10.1 Å². The lowest BCUT2D eigenvalue weighted by molar-refractivity contribution is 0.102. The van der Waals surface area contributed by atoms with E-state index in [2.05, 4.69) is 20.0 Å². The minimum absolute atomic E-state index is 0.0879. The maximum absolute atomic E-state index is 12.6. The normalized spacial score (nSPS) is 11.1. The number of hydrogen-bond donors (Lipinski definition) is 2. The number of aromatic nitrogens is 2. The predicted molar refractivity (Wildman–Crippen MR) is 121 cm³/mol. The molecule has 1 amide bonds. The SMILES string of the molecule is O=C(Nc1cccc(Oc2cnccn2)c1)c1ccc(S(=O)(=O)NCc2cccs2)cc1. The molecule has 8 nitrogen and oxygen atoms in total. The molecule has 0 fully saturated rings. The molecule has 0 aliphatic rings. The molecular formula is C22H18N4O4S2. The Hall–Kier alpha value is -3.60. The summed E-state index contributed by atoms with van der Waals surface area (Å²) < 4.78 is 33.1. The van der Waals surface area contributed by atoms with Gasteiger partial charge in [0, 0.05) is 41.1 Å². The lowest BCUT2D eigenvalue weighted by Crippen LogP contribution is -2.23. The van der Waals surface area contributed by atoms with Gasteiger partial charge in [0.05, 0.1) is 11.1 Å². The van der Waals surface area contributed by atoms with E-state index in [0.29, 0.717) is 22.9 Å². The minimum atomic E-state index is -3.68. The summed E-state index contributed by atoms with van der Waals surface area (Å²) in [5, 5.41) is 4.65. The molecule has 0 radical (unpaired) electrons. The van der Waals surface area contributed by atoms with E-state index in [1.54, 1.807) is 30.5 Å². The van der Waals surface area contributed by atoms with Gasteiger partial charge in [-0.3, -0.25) is 9.78 Å². The van der Waals surface area contributed by atoms with Crippen molar-refractivity contribution in [2.24, 2.45) is 0 Å². The topological polar surface area (TPSA) is 110 Å². The number of sulfonamides is 1. The van der Waals surface area contributed by atoms with Gasteiger partial charge in [-0.05, 0) is 47.8 Å². The minimum Gasteiger partial charge on any atom is -0.437 e. The summed E-state index contributed by atoms with van der Waals surface area (Å²) in [7, 11) is -3.68. The average molecular weight is 467 g/mol. The fraction of sp³-hybridized carbons (Fsp3) is 0.0455. The Bertz CT molecular complexity index is 1290. The van der Waals surface area contributed by atoms with Gasteiger partial charge in [-0.1, -0.05) is 12.1 Å². The van der Waals surface area contributed by atoms with Gasteiger partial charge in [0.15, 0.2) is 0 Å². The first kappa shape index (κ1) is 21.6. The molecule has 2 heterocycles. The highest BCUT2D eigenvalue weighted by molar-refractivity contribution is 7.89. The van der Waals surface area contributed by atoms with Crippen LogP contribution >= 0.6 is 11.3 Å². The lowest BCUT2D eigenvalue weighted by atomic mass is 10.2. The second kappa shape index (κ2) is 9.69. The molecule has 0 aliphatic heterocycles. The highest BCUT2D eigenvalue weighted by Crippen LogP contribution is 2.22. The molecule has 0 saturated carbocycles. The average Bonchev–Trinajstić information content (AvgIpc) is 3.33. The summed E-state index contributed by atoms with van der Waals surface area (Å²) in [5.74, 6) is 0.444. The summed E-state index contributed by atoms with van der Waals surface area (Å²) in [6, 6.07) is 16.3. The largest absolute Gasteiger partial charge is 0.437 e. The maximum atomic E-state index is 12.6. The standard InChI is InChI=1S/C22H18N4O4S2/c27-22(26-17-3-1-4-18(13-17)30-21-15-23-10-11-24-21)16-6-8-20(9-7-16)32(28,29)25-14-19-5-2-12-31-19/h1-13,15,25H,14H2,(H,26,27). The van der Waals surface area contributed by atoms with E-state index in [9.17, 15) is 13.2 Å². The summed E-state index contributed by atoms with van der Waals surface area (Å²) in [6.07, 6.45) is 4.54. The summed E-state index contributed by atoms with van der Waals surface area (Å²) in [4.78, 5) is 21.6. The Morgan fingerprint density at radius 2 is 1.88 bits per heavy atom. The summed E-state index contributed by atoms with van der Waals surface area (Å²) in [5.41, 5.74) is 0.841. The van der Waals surface area contributed by atoms with Crippen LogP contribution in [0, 0.1) is 0 Å². The monoisotopic (exact) mass is 466 g/mol. The van der Waals surface area contributed by atoms with Crippen molar-refractivity contribution in [3.8, 4) is 11.6 Å². The number of anilines is 1. The van der Waals surface area contributed by atoms with Gasteiger partial charge in [-0.2, -0.15) is 0 Å². The van der Waals surface area contributed by atoms with E-state index >= 15 is 0 Å². The van der Waals surface area contributed by atoms with Crippen molar-refractivity contribution >= 4 is 33.0 Å². The van der Waals surface area contributed by atoms with Crippen LogP contribution in [0.25, 0.3) is 0 Å². The zero-order valence-corrected chi connectivity index (χ0v) is 18.3. The first-order valence-corrected chi connectivity index (χ1v) is 11.8. The number of nitrogens with zero attached hydrogens (tertiary/aromatic N) is 2. The molecule has 0 bridgehead atoms. The molecular weight excluding hydrogens is 448 g/mol. The molecule has 0 atom stereocenters. The molecule has 162 valence electrons. The molecule has 4 aromatic rings. The Kier molecular flexibility index (Phi) is 6.55. The third-order valence-corrected chi connectivity index (χ3v) is 6.59. The summed E-state index contributed by atoms with van der Waals surface area (Å²) in [6.45, 7) is 0.217. The van der Waals surface area contributed by atoms with Crippen LogP contribution in [0.3, 0.4) is 0 Å². The molecule has 0 saturated heterocycles. The first-order chi connectivity index (χ1) is 15.5. The molecule has 2 N–H and O–H groups in total. The number of amides is 1. The van der Waals surface area contributed by atoms with Crippen LogP contribution in [-0.4, -0.2) is 24.3 Å². The van der Waals surface area contributed by atoms with Gasteiger partial charge in [-0.15, -0.1) is 11.3 Å². The number of carbonyl (C=O) groups is 1. The van der Waals surface area contributed by atoms with Gasteiger partial charge in [0.2, 0.25) is 15.9 Å². The Labute approximate surface area is 189 Å². The van der Waals surface area contributed by atoms with Crippen molar-refractivity contribution in [3.05, 3.63) is 95.1 Å². The van der Waals surface area contributed by atoms with Crippen molar-refractivity contribution in [2.45, 2.75) is 11.4 Å². The first-order valence-electron chi connectivity index (χ1n) is 9.47. The third kappa shape index (κ3) is 5.55. The second-order valence-electron chi connectivity index (χ2n) is 6.56. The molecule has 2 aromatic carbocycles. The van der Waals surface area contributed by atoms with Gasteiger partial charge in [0.25, 0.3) is 5.91 Å². The van der Waals surface area contributed by atoms with E-state index in [-0.39, 0.29) is 17.3 Å². The van der Waals surface area contributed by atoms with Crippen LogP contribution in [0.4, 0.5) is 5.69 Å². The fourth-order valence-electron chi connectivity index (χ4n) is 2.75. The smallest absolute Gasteiger partial charge is 0.255 e. The number of ether oxygens (including phenoxy) is 1. The molecule has 0 unspecified atom stereocenters. The Morgan fingerprint density at radius 3 is 2.59 bits per heavy atom. The van der Waals surface area contributed by atoms with Crippen LogP contribution < -0.4 is 14.8 Å². The zero-order valence-electron chi connectivity index (χ0n) is 16.6. The Morgan fingerprint density at radius 1 is 1.03 bits per heavy atom. The Balaban J connectivity index is 1.40. The van der Waals surface area contributed by atoms with Crippen LogP contribution in [0.15, 0.2) is 89.5 Å². The van der Waals surface area contributed by atoms with Crippen molar-refractivity contribution in [1.29, 1.82) is 0 Å². The van der Waals surface area contributed by atoms with Crippen molar-refractivity contribution in [1.82, 2.24) is 14.7 Å². The highest BCUT2D eigenvalue weighted by Gasteiger charge is 2.15. The number of benzene rings is 2. The maximum Gasteiger partial charge on any atom is 0.255 e. The predicted octanol–water partition coefficient (Wildman–Crippen LogP) is 4.06. The van der Waals surface area contributed by atoms with Gasteiger partial charge in [-0.25, -0.2) is 18.1 Å². The second-order valence-corrected chi connectivity index (χ2v) is 9.36. The number of hydrogen-bond acceptors (Lipinski definition) is 7. The molecule has 32 heavy (non-hydrogen) atoms. The number of rotatable bonds is 8. The van der Waals surface area contributed by atoms with Crippen LogP contribution in [0.1, 0.15) is 15.2 Å². The van der Waals surface area contributed by atoms with Crippen molar-refractivity contribution in [2.75, 3.05) is 5.32 Å². The van der Waals surface area contributed by atoms with Gasteiger partial charge >= 0.3 is 0 Å². The van der Waals surface area contributed by atoms with E-state index in [4.69, 9.17) is 4.74 Å². The molecule has 4 rings (SSSR count). The molecule has 0 aliphatic carbocycles. The number of nitrogens with one attached hydrogen (secondary N) is 2. The molecule has 10 heteroatoms. The van der Waals surface area contributed by atoms with E-state index < -0.39 is 10.0 Å². The summed E-state index contributed by atoms with van der Waals surface area (Å²) >= 11 is 1.47. The van der Waals surface area contributed by atoms with Gasteiger partial charge in [0.1, 0.15) is 5.75 Å². The zero-order chi connectivity index (χ0) is 22.4. The fourth-order valence-corrected chi connectivity index (χ4v) is 4.49. The van der Waals surface area contributed by atoms with Crippen molar-refractivity contribution < 1.29 is 17.9 Å². The highest BCUT2D eigenvalue weighted by atomic mass is 32.2. The van der Waals surface area contributed by atoms with Crippen LogP contribution in [-0.2, 0) is 16.6 Å². The van der Waals surface area contributed by atoms with E-state index in [1.807, 2.05) is 17.5 Å². The van der Waals surface area contributed by atoms with E-state index in [1.165, 1.54) is 48.0 Å². The lowest BCUT2D eigenvalue weighted by Gasteiger charge is -2.09. The molecule has 0 spiro atoms. The number of thiophene rings is 1. The van der Waals surface area contributed by atoms with Crippen molar-refractivity contribution in [3.63, 3.8) is 0 Å².